The van der Waals surface area contributed by atoms with Crippen LogP contribution in [-0.4, -0.2) is 27.7 Å². The van der Waals surface area contributed by atoms with Gasteiger partial charge in [-0.15, -0.1) is 0 Å². The second-order valence-corrected chi connectivity index (χ2v) is 4.94. The number of rotatable bonds is 4. The van der Waals surface area contributed by atoms with Crippen molar-refractivity contribution in [1.82, 2.24) is 9.97 Å². The molecule has 1 aliphatic carbocycles. The average Bonchev–Trinajstić information content (AvgIpc) is 2.66. The summed E-state index contributed by atoms with van der Waals surface area (Å²) >= 11 is 0. The number of carboxylic acids is 1. The lowest BCUT2D eigenvalue weighted by Gasteiger charge is -2.30. The lowest BCUT2D eigenvalue weighted by molar-refractivity contribution is -0.0624. The second-order valence-electron chi connectivity index (χ2n) is 4.94. The van der Waals surface area contributed by atoms with Gasteiger partial charge in [0.15, 0.2) is 5.82 Å². The van der Waals surface area contributed by atoms with Gasteiger partial charge in [-0.2, -0.15) is 0 Å². The summed E-state index contributed by atoms with van der Waals surface area (Å²) in [7, 11) is 0. The van der Waals surface area contributed by atoms with Gasteiger partial charge in [0.05, 0.1) is 5.56 Å². The molecule has 1 aliphatic rings. The summed E-state index contributed by atoms with van der Waals surface area (Å²) in [5, 5.41) is 8.89. The van der Waals surface area contributed by atoms with Crippen molar-refractivity contribution < 1.29 is 14.6 Å². The standard InChI is InChI=1S/C14H20N2O3/c1-2-19-14(7-5-3-4-6-8-14)13-15-9-11(10-16-13)12(17)18/h9-10H,2-8H2,1H3,(H,17,18). The van der Waals surface area contributed by atoms with Crippen LogP contribution in [0.2, 0.25) is 0 Å². The Bertz CT molecular complexity index is 423. The van der Waals surface area contributed by atoms with E-state index in [4.69, 9.17) is 9.84 Å². The van der Waals surface area contributed by atoms with E-state index in [1.54, 1.807) is 0 Å². The molecular formula is C14H20N2O3. The molecule has 0 atom stereocenters. The van der Waals surface area contributed by atoms with E-state index in [9.17, 15) is 4.79 Å². The van der Waals surface area contributed by atoms with Crippen molar-refractivity contribution in [2.45, 2.75) is 51.0 Å². The molecule has 1 aromatic heterocycles. The molecule has 2 rings (SSSR count). The van der Waals surface area contributed by atoms with Crippen molar-refractivity contribution in [3.05, 3.63) is 23.8 Å². The Morgan fingerprint density at radius 3 is 2.32 bits per heavy atom. The van der Waals surface area contributed by atoms with Gasteiger partial charge < -0.3 is 9.84 Å². The predicted octanol–water partition coefficient (Wildman–Crippen LogP) is 2.76. The highest BCUT2D eigenvalue weighted by Crippen LogP contribution is 2.37. The zero-order valence-electron chi connectivity index (χ0n) is 11.3. The zero-order chi connectivity index (χ0) is 13.7. The first kappa shape index (κ1) is 13.9. The molecule has 5 heteroatoms. The second kappa shape index (κ2) is 6.10. The maximum absolute atomic E-state index is 10.8. The van der Waals surface area contributed by atoms with E-state index in [-0.39, 0.29) is 5.56 Å². The quantitative estimate of drug-likeness (QED) is 0.846. The van der Waals surface area contributed by atoms with Gasteiger partial charge in [0.25, 0.3) is 0 Å². The third kappa shape index (κ3) is 3.10. The Morgan fingerprint density at radius 1 is 1.26 bits per heavy atom. The topological polar surface area (TPSA) is 72.3 Å². The molecule has 0 unspecified atom stereocenters. The number of carbonyl (C=O) groups is 1. The van der Waals surface area contributed by atoms with Crippen LogP contribution in [0, 0.1) is 0 Å². The molecule has 0 aliphatic heterocycles. The van der Waals surface area contributed by atoms with E-state index in [2.05, 4.69) is 9.97 Å². The summed E-state index contributed by atoms with van der Waals surface area (Å²) < 4.78 is 5.96. The van der Waals surface area contributed by atoms with Crippen LogP contribution in [0.15, 0.2) is 12.4 Å². The number of ether oxygens (including phenoxy) is 1. The lowest BCUT2D eigenvalue weighted by Crippen LogP contribution is -2.31. The highest BCUT2D eigenvalue weighted by atomic mass is 16.5. The molecule has 0 bridgehead atoms. The number of hydrogen-bond donors (Lipinski definition) is 1. The van der Waals surface area contributed by atoms with E-state index < -0.39 is 11.6 Å². The van der Waals surface area contributed by atoms with Crippen LogP contribution >= 0.6 is 0 Å². The molecule has 0 aromatic carbocycles. The number of nitrogens with zero attached hydrogens (tertiary/aromatic N) is 2. The van der Waals surface area contributed by atoms with Crippen molar-refractivity contribution in [3.63, 3.8) is 0 Å². The van der Waals surface area contributed by atoms with Gasteiger partial charge in [0.2, 0.25) is 0 Å². The zero-order valence-corrected chi connectivity index (χ0v) is 11.3. The fraction of sp³-hybridized carbons (Fsp3) is 0.643. The van der Waals surface area contributed by atoms with E-state index in [1.807, 2.05) is 6.92 Å². The fourth-order valence-electron chi connectivity index (χ4n) is 2.68. The largest absolute Gasteiger partial charge is 0.478 e. The summed E-state index contributed by atoms with van der Waals surface area (Å²) in [4.78, 5) is 19.3. The van der Waals surface area contributed by atoms with E-state index in [0.717, 1.165) is 25.7 Å². The predicted molar refractivity (Wildman–Crippen MR) is 70.0 cm³/mol. The normalized spacial score (nSPS) is 18.8. The molecular weight excluding hydrogens is 244 g/mol. The van der Waals surface area contributed by atoms with Gasteiger partial charge in [-0.25, -0.2) is 14.8 Å². The Hall–Kier alpha value is -1.49. The van der Waals surface area contributed by atoms with Crippen LogP contribution in [0.25, 0.3) is 0 Å². The molecule has 0 spiro atoms. The summed E-state index contributed by atoms with van der Waals surface area (Å²) in [6.07, 6.45) is 9.19. The van der Waals surface area contributed by atoms with Crippen LogP contribution in [-0.2, 0) is 10.3 Å². The molecule has 0 amide bonds. The molecule has 1 fully saturated rings. The van der Waals surface area contributed by atoms with Gasteiger partial charge in [-0.05, 0) is 19.8 Å². The first-order valence-electron chi connectivity index (χ1n) is 6.88. The summed E-state index contributed by atoms with van der Waals surface area (Å²) in [5.74, 6) is -0.376. The average molecular weight is 264 g/mol. The van der Waals surface area contributed by atoms with Crippen LogP contribution in [0.5, 0.6) is 0 Å². The molecule has 1 aromatic rings. The van der Waals surface area contributed by atoms with Gasteiger partial charge in [-0.3, -0.25) is 0 Å². The Balaban J connectivity index is 2.29. The molecule has 19 heavy (non-hydrogen) atoms. The molecule has 1 saturated carbocycles. The maximum Gasteiger partial charge on any atom is 0.338 e. The number of aromatic carboxylic acids is 1. The SMILES string of the molecule is CCOC1(c2ncc(C(=O)O)cn2)CCCCCC1. The first-order valence-corrected chi connectivity index (χ1v) is 6.88. The lowest BCUT2D eigenvalue weighted by atomic mass is 9.93. The van der Waals surface area contributed by atoms with Crippen molar-refractivity contribution in [2.75, 3.05) is 6.61 Å². The molecule has 0 saturated heterocycles. The maximum atomic E-state index is 10.8. The summed E-state index contributed by atoms with van der Waals surface area (Å²) in [5.41, 5.74) is -0.313. The molecule has 104 valence electrons. The minimum absolute atomic E-state index is 0.115. The van der Waals surface area contributed by atoms with E-state index in [0.29, 0.717) is 12.4 Å². The van der Waals surface area contributed by atoms with E-state index in [1.165, 1.54) is 25.2 Å². The summed E-state index contributed by atoms with van der Waals surface area (Å²) in [6.45, 7) is 2.59. The highest BCUT2D eigenvalue weighted by molar-refractivity contribution is 5.86. The van der Waals surface area contributed by atoms with Crippen molar-refractivity contribution in [3.8, 4) is 0 Å². The first-order chi connectivity index (χ1) is 9.18. The van der Waals surface area contributed by atoms with Crippen LogP contribution < -0.4 is 0 Å². The fourth-order valence-corrected chi connectivity index (χ4v) is 2.68. The minimum Gasteiger partial charge on any atom is -0.478 e. The van der Waals surface area contributed by atoms with Crippen molar-refractivity contribution in [2.24, 2.45) is 0 Å². The Labute approximate surface area is 113 Å². The van der Waals surface area contributed by atoms with Gasteiger partial charge in [0, 0.05) is 19.0 Å². The van der Waals surface area contributed by atoms with Crippen molar-refractivity contribution >= 4 is 5.97 Å². The monoisotopic (exact) mass is 264 g/mol. The van der Waals surface area contributed by atoms with Crippen LogP contribution in [0.1, 0.15) is 61.6 Å². The third-order valence-electron chi connectivity index (χ3n) is 3.64. The van der Waals surface area contributed by atoms with Gasteiger partial charge in [-0.1, -0.05) is 25.7 Å². The van der Waals surface area contributed by atoms with Crippen LogP contribution in [0.3, 0.4) is 0 Å². The van der Waals surface area contributed by atoms with Crippen LogP contribution in [0.4, 0.5) is 0 Å². The Kier molecular flexibility index (Phi) is 4.47. The smallest absolute Gasteiger partial charge is 0.338 e. The molecule has 5 nitrogen and oxygen atoms in total. The van der Waals surface area contributed by atoms with E-state index >= 15 is 0 Å². The number of hydrogen-bond acceptors (Lipinski definition) is 4. The highest BCUT2D eigenvalue weighted by Gasteiger charge is 2.36. The third-order valence-corrected chi connectivity index (χ3v) is 3.64. The molecule has 1 N–H and O–H groups in total. The molecule has 1 heterocycles. The van der Waals surface area contributed by atoms with Gasteiger partial charge >= 0.3 is 5.97 Å². The Morgan fingerprint density at radius 2 is 1.84 bits per heavy atom. The number of carboxylic acid groups (broad SMARTS) is 1. The minimum atomic E-state index is -1.00. The number of aromatic nitrogens is 2. The van der Waals surface area contributed by atoms with Gasteiger partial charge in [0.1, 0.15) is 5.60 Å². The van der Waals surface area contributed by atoms with Crippen molar-refractivity contribution in [1.29, 1.82) is 0 Å². The summed E-state index contributed by atoms with van der Waals surface area (Å²) in [6, 6.07) is 0. The molecule has 0 radical (unpaired) electrons.